The number of methoxy groups -OCH3 is 1. The zero-order chi connectivity index (χ0) is 11.5. The van der Waals surface area contributed by atoms with E-state index in [2.05, 4.69) is 0 Å². The van der Waals surface area contributed by atoms with E-state index in [1.807, 2.05) is 6.07 Å². The predicted molar refractivity (Wildman–Crippen MR) is 62.0 cm³/mol. The first kappa shape index (κ1) is 11.3. The van der Waals surface area contributed by atoms with Crippen LogP contribution in [0, 0.1) is 5.92 Å². The molecule has 2 rings (SSSR count). The Morgan fingerprint density at radius 3 is 2.75 bits per heavy atom. The minimum atomic E-state index is -1.28. The van der Waals surface area contributed by atoms with Crippen molar-refractivity contribution >= 4 is 16.6 Å². The highest BCUT2D eigenvalue weighted by atomic mass is 32.2. The Bertz CT molecular complexity index is 424. The van der Waals surface area contributed by atoms with Gasteiger partial charge in [-0.05, 0) is 25.0 Å². The number of hydrogen-bond acceptors (Lipinski definition) is 3. The summed E-state index contributed by atoms with van der Waals surface area (Å²) >= 11 is 0. The summed E-state index contributed by atoms with van der Waals surface area (Å²) in [5, 5.41) is 0. The van der Waals surface area contributed by atoms with Crippen LogP contribution in [-0.4, -0.2) is 22.9 Å². The lowest BCUT2D eigenvalue weighted by Crippen LogP contribution is -2.12. The lowest BCUT2D eigenvalue weighted by atomic mass is 10.3. The standard InChI is InChI=1S/C12H14O3S/c1-15-11-4-2-3-5-12(11)16(14)8-10(13)9-6-7-9/h2-5,9H,6-8H2,1H3. The normalized spacial score (nSPS) is 16.8. The van der Waals surface area contributed by atoms with Crippen molar-refractivity contribution in [2.45, 2.75) is 17.7 Å². The summed E-state index contributed by atoms with van der Waals surface area (Å²) in [6, 6.07) is 7.13. The molecule has 1 saturated carbocycles. The fourth-order valence-electron chi connectivity index (χ4n) is 1.54. The van der Waals surface area contributed by atoms with Gasteiger partial charge in [-0.2, -0.15) is 0 Å². The second-order valence-corrected chi connectivity index (χ2v) is 5.30. The molecule has 1 fully saturated rings. The monoisotopic (exact) mass is 238 g/mol. The van der Waals surface area contributed by atoms with Crippen molar-refractivity contribution in [2.75, 3.05) is 12.9 Å². The van der Waals surface area contributed by atoms with Gasteiger partial charge in [0.05, 0.1) is 28.6 Å². The Labute approximate surface area is 97.3 Å². The van der Waals surface area contributed by atoms with E-state index in [0.29, 0.717) is 10.6 Å². The Kier molecular flexibility index (Phi) is 3.39. The first-order valence-electron chi connectivity index (χ1n) is 5.26. The van der Waals surface area contributed by atoms with Crippen LogP contribution in [0.2, 0.25) is 0 Å². The fourth-order valence-corrected chi connectivity index (χ4v) is 2.79. The van der Waals surface area contributed by atoms with Crippen molar-refractivity contribution in [3.05, 3.63) is 24.3 Å². The number of carbonyl (C=O) groups excluding carboxylic acids is 1. The Morgan fingerprint density at radius 1 is 1.44 bits per heavy atom. The molecule has 3 nitrogen and oxygen atoms in total. The molecule has 0 aromatic heterocycles. The summed E-state index contributed by atoms with van der Waals surface area (Å²) in [6.07, 6.45) is 1.92. The van der Waals surface area contributed by atoms with Gasteiger partial charge < -0.3 is 4.74 Å². The van der Waals surface area contributed by atoms with Crippen LogP contribution >= 0.6 is 0 Å². The van der Waals surface area contributed by atoms with Gasteiger partial charge in [0.15, 0.2) is 0 Å². The fraction of sp³-hybridized carbons (Fsp3) is 0.417. The number of ether oxygens (including phenoxy) is 1. The number of benzene rings is 1. The van der Waals surface area contributed by atoms with Gasteiger partial charge in [-0.25, -0.2) is 0 Å². The molecule has 0 spiro atoms. The molecule has 4 heteroatoms. The maximum absolute atomic E-state index is 12.0. The highest BCUT2D eigenvalue weighted by Gasteiger charge is 2.30. The Balaban J connectivity index is 2.10. The summed E-state index contributed by atoms with van der Waals surface area (Å²) < 4.78 is 17.1. The summed E-state index contributed by atoms with van der Waals surface area (Å²) in [5.74, 6) is 0.984. The van der Waals surface area contributed by atoms with E-state index in [9.17, 15) is 9.00 Å². The molecule has 0 aliphatic heterocycles. The average molecular weight is 238 g/mol. The number of carbonyl (C=O) groups is 1. The molecule has 0 N–H and O–H groups in total. The number of Topliss-reactive ketones (excluding diaryl/α,β-unsaturated/α-hetero) is 1. The molecule has 1 unspecified atom stereocenters. The molecule has 86 valence electrons. The molecule has 0 bridgehead atoms. The van der Waals surface area contributed by atoms with E-state index in [4.69, 9.17) is 4.74 Å². The molecular formula is C12H14O3S. The SMILES string of the molecule is COc1ccccc1S(=O)CC(=O)C1CC1. The van der Waals surface area contributed by atoms with Crippen LogP contribution in [0.4, 0.5) is 0 Å². The Morgan fingerprint density at radius 2 is 2.12 bits per heavy atom. The largest absolute Gasteiger partial charge is 0.495 e. The van der Waals surface area contributed by atoms with Gasteiger partial charge in [-0.1, -0.05) is 12.1 Å². The summed E-state index contributed by atoms with van der Waals surface area (Å²) in [7, 11) is 0.260. The highest BCUT2D eigenvalue weighted by molar-refractivity contribution is 7.85. The molecule has 1 aromatic carbocycles. The third kappa shape index (κ3) is 2.50. The molecule has 0 amide bonds. The minimum absolute atomic E-state index is 0.115. The highest BCUT2D eigenvalue weighted by Crippen LogP contribution is 2.31. The maximum Gasteiger partial charge on any atom is 0.148 e. The Hall–Kier alpha value is -1.16. The average Bonchev–Trinajstić information content (AvgIpc) is 3.12. The second kappa shape index (κ2) is 4.78. The lowest BCUT2D eigenvalue weighted by molar-refractivity contribution is -0.117. The van der Waals surface area contributed by atoms with Crippen molar-refractivity contribution in [1.82, 2.24) is 0 Å². The number of para-hydroxylation sites is 1. The van der Waals surface area contributed by atoms with Crippen molar-refractivity contribution in [3.63, 3.8) is 0 Å². The van der Waals surface area contributed by atoms with Gasteiger partial charge in [0, 0.05) is 5.92 Å². The summed E-state index contributed by atoms with van der Waals surface area (Å²) in [5.41, 5.74) is 0. The van der Waals surface area contributed by atoms with Crippen LogP contribution in [0.3, 0.4) is 0 Å². The molecule has 0 saturated heterocycles. The van der Waals surface area contributed by atoms with Crippen LogP contribution in [0.25, 0.3) is 0 Å². The second-order valence-electron chi connectivity index (χ2n) is 3.88. The van der Waals surface area contributed by atoms with E-state index >= 15 is 0 Å². The van der Waals surface area contributed by atoms with E-state index in [1.165, 1.54) is 0 Å². The van der Waals surface area contributed by atoms with Crippen LogP contribution in [-0.2, 0) is 15.6 Å². The van der Waals surface area contributed by atoms with Gasteiger partial charge in [-0.3, -0.25) is 9.00 Å². The lowest BCUT2D eigenvalue weighted by Gasteiger charge is -2.06. The van der Waals surface area contributed by atoms with Crippen molar-refractivity contribution in [1.29, 1.82) is 0 Å². The molecule has 1 aromatic rings. The smallest absolute Gasteiger partial charge is 0.148 e. The van der Waals surface area contributed by atoms with Gasteiger partial charge in [-0.15, -0.1) is 0 Å². The molecular weight excluding hydrogens is 224 g/mol. The third-order valence-corrected chi connectivity index (χ3v) is 3.99. The molecule has 1 aliphatic carbocycles. The zero-order valence-corrected chi connectivity index (χ0v) is 9.96. The maximum atomic E-state index is 12.0. The number of ketones is 1. The molecule has 0 radical (unpaired) electrons. The predicted octanol–water partition coefficient (Wildman–Crippen LogP) is 1.78. The van der Waals surface area contributed by atoms with Crippen LogP contribution in [0.15, 0.2) is 29.2 Å². The van der Waals surface area contributed by atoms with Crippen molar-refractivity contribution < 1.29 is 13.7 Å². The van der Waals surface area contributed by atoms with E-state index in [-0.39, 0.29) is 17.5 Å². The van der Waals surface area contributed by atoms with Crippen LogP contribution < -0.4 is 4.74 Å². The number of rotatable bonds is 5. The van der Waals surface area contributed by atoms with Crippen LogP contribution in [0.1, 0.15) is 12.8 Å². The van der Waals surface area contributed by atoms with Gasteiger partial charge in [0.2, 0.25) is 0 Å². The first-order valence-corrected chi connectivity index (χ1v) is 6.58. The molecule has 16 heavy (non-hydrogen) atoms. The summed E-state index contributed by atoms with van der Waals surface area (Å²) in [6.45, 7) is 0. The topological polar surface area (TPSA) is 43.4 Å². The number of hydrogen-bond donors (Lipinski definition) is 0. The van der Waals surface area contributed by atoms with Crippen molar-refractivity contribution in [2.24, 2.45) is 5.92 Å². The third-order valence-electron chi connectivity index (χ3n) is 2.62. The molecule has 1 aliphatic rings. The van der Waals surface area contributed by atoms with Crippen LogP contribution in [0.5, 0.6) is 5.75 Å². The van der Waals surface area contributed by atoms with E-state index in [0.717, 1.165) is 12.8 Å². The molecule has 1 atom stereocenters. The van der Waals surface area contributed by atoms with Gasteiger partial charge in [0.25, 0.3) is 0 Å². The van der Waals surface area contributed by atoms with E-state index < -0.39 is 10.8 Å². The zero-order valence-electron chi connectivity index (χ0n) is 9.14. The first-order chi connectivity index (χ1) is 7.72. The van der Waals surface area contributed by atoms with Crippen molar-refractivity contribution in [3.8, 4) is 5.75 Å². The van der Waals surface area contributed by atoms with E-state index in [1.54, 1.807) is 25.3 Å². The molecule has 0 heterocycles. The van der Waals surface area contributed by atoms with Gasteiger partial charge in [0.1, 0.15) is 11.5 Å². The summed E-state index contributed by atoms with van der Waals surface area (Å²) in [4.78, 5) is 12.2. The quantitative estimate of drug-likeness (QED) is 0.785. The minimum Gasteiger partial charge on any atom is -0.495 e. The van der Waals surface area contributed by atoms with Gasteiger partial charge >= 0.3 is 0 Å².